The van der Waals surface area contributed by atoms with Gasteiger partial charge in [0.15, 0.2) is 0 Å². The van der Waals surface area contributed by atoms with Gasteiger partial charge in [0.05, 0.1) is 17.3 Å². The van der Waals surface area contributed by atoms with Crippen LogP contribution in [0.2, 0.25) is 10.0 Å². The van der Waals surface area contributed by atoms with Gasteiger partial charge in [0.25, 0.3) is 11.8 Å². The summed E-state index contributed by atoms with van der Waals surface area (Å²) >= 11 is 14.2. The zero-order chi connectivity index (χ0) is 22.3. The number of amides is 2. The van der Waals surface area contributed by atoms with E-state index in [1.54, 1.807) is 36.4 Å². The van der Waals surface area contributed by atoms with E-state index in [0.717, 1.165) is 9.13 Å². The van der Waals surface area contributed by atoms with Crippen molar-refractivity contribution in [3.63, 3.8) is 0 Å². The number of hydrogen-bond donors (Lipinski definition) is 2. The molecule has 158 valence electrons. The highest BCUT2D eigenvalue weighted by Crippen LogP contribution is 2.40. The molecule has 2 amide bonds. The summed E-state index contributed by atoms with van der Waals surface area (Å²) in [6.45, 7) is 1.84. The largest absolute Gasteiger partial charge is 0.508 e. The SMILES string of the molecule is C[C@H](c1ccc(Cl)cc1)N1C(=O)c2cc(I)ccc2NC(=O)C1c1ccc(Cl)cc1O. The van der Waals surface area contributed by atoms with Crippen molar-refractivity contribution >= 4 is 63.3 Å². The number of rotatable bonds is 3. The molecular weight excluding hydrogens is 550 g/mol. The predicted molar refractivity (Wildman–Crippen MR) is 130 cm³/mol. The lowest BCUT2D eigenvalue weighted by molar-refractivity contribution is -0.121. The summed E-state index contributed by atoms with van der Waals surface area (Å²) in [5.74, 6) is -0.908. The Bertz CT molecular complexity index is 1180. The Morgan fingerprint density at radius 3 is 2.35 bits per heavy atom. The third-order valence-electron chi connectivity index (χ3n) is 5.29. The Kier molecular flexibility index (Phi) is 6.14. The van der Waals surface area contributed by atoms with Crippen molar-refractivity contribution in [1.29, 1.82) is 0 Å². The molecule has 0 spiro atoms. The number of benzene rings is 3. The van der Waals surface area contributed by atoms with Crippen LogP contribution in [0.3, 0.4) is 0 Å². The highest BCUT2D eigenvalue weighted by atomic mass is 127. The van der Waals surface area contributed by atoms with Crippen LogP contribution < -0.4 is 5.32 Å². The molecule has 3 aromatic rings. The molecule has 0 aliphatic carbocycles. The Hall–Kier alpha value is -2.29. The zero-order valence-electron chi connectivity index (χ0n) is 16.3. The molecule has 8 heteroatoms. The van der Waals surface area contributed by atoms with Gasteiger partial charge >= 0.3 is 0 Å². The smallest absolute Gasteiger partial charge is 0.257 e. The summed E-state index contributed by atoms with van der Waals surface area (Å²) in [5.41, 5.74) is 1.91. The van der Waals surface area contributed by atoms with Gasteiger partial charge in [-0.1, -0.05) is 41.4 Å². The molecule has 0 saturated carbocycles. The fraction of sp³-hybridized carbons (Fsp3) is 0.130. The van der Waals surface area contributed by atoms with Crippen molar-refractivity contribution < 1.29 is 14.7 Å². The van der Waals surface area contributed by atoms with Crippen LogP contribution in [-0.2, 0) is 4.79 Å². The third-order valence-corrected chi connectivity index (χ3v) is 6.45. The van der Waals surface area contributed by atoms with Crippen LogP contribution in [0.4, 0.5) is 5.69 Å². The maximum Gasteiger partial charge on any atom is 0.257 e. The van der Waals surface area contributed by atoms with Crippen molar-refractivity contribution in [2.75, 3.05) is 5.32 Å². The molecular formula is C23H17Cl2IN2O3. The lowest BCUT2D eigenvalue weighted by Crippen LogP contribution is -2.40. The molecule has 1 unspecified atom stereocenters. The fourth-order valence-electron chi connectivity index (χ4n) is 3.73. The number of anilines is 1. The third kappa shape index (κ3) is 4.24. The molecule has 5 nitrogen and oxygen atoms in total. The van der Waals surface area contributed by atoms with Crippen LogP contribution in [0.25, 0.3) is 0 Å². The maximum atomic E-state index is 13.8. The average molecular weight is 567 g/mol. The minimum Gasteiger partial charge on any atom is -0.508 e. The van der Waals surface area contributed by atoms with Gasteiger partial charge in [-0.05, 0) is 77.5 Å². The van der Waals surface area contributed by atoms with Crippen molar-refractivity contribution in [2.24, 2.45) is 0 Å². The molecule has 1 aliphatic rings. The van der Waals surface area contributed by atoms with E-state index in [0.29, 0.717) is 26.9 Å². The zero-order valence-corrected chi connectivity index (χ0v) is 19.9. The summed E-state index contributed by atoms with van der Waals surface area (Å²) in [5, 5.41) is 14.3. The molecule has 0 radical (unpaired) electrons. The van der Waals surface area contributed by atoms with Gasteiger partial charge in [-0.2, -0.15) is 0 Å². The Morgan fingerprint density at radius 2 is 1.68 bits per heavy atom. The molecule has 4 rings (SSSR count). The van der Waals surface area contributed by atoms with Gasteiger partial charge in [-0.25, -0.2) is 0 Å². The van der Waals surface area contributed by atoms with E-state index in [1.165, 1.54) is 11.0 Å². The Labute approximate surface area is 203 Å². The monoisotopic (exact) mass is 566 g/mol. The molecule has 2 N–H and O–H groups in total. The molecule has 0 fully saturated rings. The second-order valence-corrected chi connectivity index (χ2v) is 9.34. The molecule has 1 heterocycles. The summed E-state index contributed by atoms with van der Waals surface area (Å²) < 4.78 is 0.867. The van der Waals surface area contributed by atoms with Crippen molar-refractivity contribution in [3.8, 4) is 5.75 Å². The first kappa shape index (κ1) is 21.9. The van der Waals surface area contributed by atoms with E-state index in [4.69, 9.17) is 23.2 Å². The van der Waals surface area contributed by atoms with Gasteiger partial charge in [-0.15, -0.1) is 0 Å². The van der Waals surface area contributed by atoms with Crippen molar-refractivity contribution in [3.05, 3.63) is 91.0 Å². The molecule has 0 aromatic heterocycles. The first-order chi connectivity index (χ1) is 14.8. The van der Waals surface area contributed by atoms with E-state index in [2.05, 4.69) is 27.9 Å². The van der Waals surface area contributed by atoms with E-state index in [1.807, 2.05) is 25.1 Å². The van der Waals surface area contributed by atoms with Gasteiger partial charge < -0.3 is 15.3 Å². The lowest BCUT2D eigenvalue weighted by Gasteiger charge is -2.35. The van der Waals surface area contributed by atoms with Gasteiger partial charge in [0, 0.05) is 19.2 Å². The predicted octanol–water partition coefficient (Wildman–Crippen LogP) is 6.20. The average Bonchev–Trinajstić information content (AvgIpc) is 2.83. The van der Waals surface area contributed by atoms with Crippen molar-refractivity contribution in [1.82, 2.24) is 4.90 Å². The number of fused-ring (bicyclic) bond motifs is 1. The first-order valence-electron chi connectivity index (χ1n) is 9.43. The molecule has 0 saturated heterocycles. The number of carbonyl (C=O) groups excluding carboxylic acids is 2. The summed E-state index contributed by atoms with van der Waals surface area (Å²) in [4.78, 5) is 28.6. The number of nitrogens with one attached hydrogen (secondary N) is 1. The molecule has 0 bridgehead atoms. The summed E-state index contributed by atoms with van der Waals surface area (Å²) in [6, 6.07) is 15.3. The number of hydrogen-bond acceptors (Lipinski definition) is 3. The number of phenolic OH excluding ortho intramolecular Hbond substituents is 1. The van der Waals surface area contributed by atoms with E-state index >= 15 is 0 Å². The highest BCUT2D eigenvalue weighted by molar-refractivity contribution is 14.1. The molecule has 31 heavy (non-hydrogen) atoms. The standard InChI is InChI=1S/C23H17Cl2IN2O3/c1-12(13-2-4-14(24)5-3-13)28-21(17-8-6-15(25)10-20(17)29)22(30)27-19-9-7-16(26)11-18(19)23(28)31/h2-12,21,29H,1H3,(H,27,30)/t12-,21?/m1/s1. The van der Waals surface area contributed by atoms with Crippen LogP contribution in [0.1, 0.15) is 40.5 Å². The molecule has 2 atom stereocenters. The van der Waals surface area contributed by atoms with E-state index in [-0.39, 0.29) is 11.7 Å². The summed E-state index contributed by atoms with van der Waals surface area (Å²) in [6.07, 6.45) is 0. The number of carbonyl (C=O) groups is 2. The minimum atomic E-state index is -1.07. The summed E-state index contributed by atoms with van der Waals surface area (Å²) in [7, 11) is 0. The second kappa shape index (κ2) is 8.68. The second-order valence-electron chi connectivity index (χ2n) is 7.22. The quantitative estimate of drug-likeness (QED) is 0.371. The van der Waals surface area contributed by atoms with Gasteiger partial charge in [0.2, 0.25) is 0 Å². The van der Waals surface area contributed by atoms with Crippen LogP contribution in [0.5, 0.6) is 5.75 Å². The van der Waals surface area contributed by atoms with Crippen molar-refractivity contribution in [2.45, 2.75) is 19.0 Å². The minimum absolute atomic E-state index is 0.158. The highest BCUT2D eigenvalue weighted by Gasteiger charge is 2.40. The maximum absolute atomic E-state index is 13.8. The Balaban J connectivity index is 1.91. The van der Waals surface area contributed by atoms with Crippen LogP contribution >= 0.6 is 45.8 Å². The number of nitrogens with zero attached hydrogens (tertiary/aromatic N) is 1. The molecule has 1 aliphatic heterocycles. The first-order valence-corrected chi connectivity index (χ1v) is 11.3. The van der Waals surface area contributed by atoms with Crippen LogP contribution in [0.15, 0.2) is 60.7 Å². The van der Waals surface area contributed by atoms with E-state index in [9.17, 15) is 14.7 Å². The van der Waals surface area contributed by atoms with Crippen LogP contribution in [-0.4, -0.2) is 21.8 Å². The number of halogens is 3. The number of aromatic hydroxyl groups is 1. The lowest BCUT2D eigenvalue weighted by atomic mass is 9.98. The van der Waals surface area contributed by atoms with Gasteiger partial charge in [0.1, 0.15) is 11.8 Å². The number of phenols is 1. The fourth-order valence-corrected chi connectivity index (χ4v) is 4.51. The van der Waals surface area contributed by atoms with Gasteiger partial charge in [-0.3, -0.25) is 9.59 Å². The molecule has 3 aromatic carbocycles. The van der Waals surface area contributed by atoms with Crippen LogP contribution in [0, 0.1) is 3.57 Å². The van der Waals surface area contributed by atoms with E-state index < -0.39 is 18.0 Å². The normalized spacial score (nSPS) is 17.0. The topological polar surface area (TPSA) is 69.6 Å². The Morgan fingerprint density at radius 1 is 1.00 bits per heavy atom.